The van der Waals surface area contributed by atoms with Gasteiger partial charge in [-0.15, -0.1) is 0 Å². The van der Waals surface area contributed by atoms with Crippen molar-refractivity contribution < 1.29 is 42.8 Å². The van der Waals surface area contributed by atoms with Gasteiger partial charge in [0.1, 0.15) is 12.2 Å². The van der Waals surface area contributed by atoms with Crippen LogP contribution in [0.3, 0.4) is 0 Å². The first kappa shape index (κ1) is 36.3. The van der Waals surface area contributed by atoms with Crippen molar-refractivity contribution in [1.82, 2.24) is 19.5 Å². The standard InChI is InChI=1S/C38H39F3N6O6/c39-38(40,41)36(51)53-32-29(21-49)52-35(31(32)50)47-22-43-30-33(42-17-28(24-12-6-2-7-13-24)25-14-8-3-9-15-25)44-37(45-34(30)47)46-18-26(27(19-46)20-48)16-23-10-4-1-5-11-23/h1-15,22,26-29,31-32,35,48-50H,16-21H2,(H,42,44,45)/t26-,27+,29-,31-,32-,35-/m1/s1. The Labute approximate surface area is 302 Å². The molecule has 3 aromatic carbocycles. The summed E-state index contributed by atoms with van der Waals surface area (Å²) in [5.74, 6) is -1.94. The van der Waals surface area contributed by atoms with E-state index >= 15 is 0 Å². The normalized spacial score (nSPS) is 23.2. The van der Waals surface area contributed by atoms with Gasteiger partial charge < -0.3 is 35.0 Å². The van der Waals surface area contributed by atoms with Crippen LogP contribution < -0.4 is 10.2 Å². The molecule has 6 atom stereocenters. The summed E-state index contributed by atoms with van der Waals surface area (Å²) < 4.78 is 51.0. The van der Waals surface area contributed by atoms with Gasteiger partial charge in [-0.1, -0.05) is 91.0 Å². The first-order chi connectivity index (χ1) is 25.6. The maximum absolute atomic E-state index is 13.1. The van der Waals surface area contributed by atoms with Gasteiger partial charge in [-0.3, -0.25) is 4.57 Å². The quantitative estimate of drug-likeness (QED) is 0.137. The molecule has 0 bridgehead atoms. The van der Waals surface area contributed by atoms with Crippen molar-refractivity contribution in [2.45, 2.75) is 43.1 Å². The van der Waals surface area contributed by atoms with Crippen LogP contribution in [0.1, 0.15) is 28.8 Å². The van der Waals surface area contributed by atoms with Gasteiger partial charge in [-0.05, 0) is 29.0 Å². The minimum absolute atomic E-state index is 0.0438. The van der Waals surface area contributed by atoms with Crippen molar-refractivity contribution in [2.24, 2.45) is 11.8 Å². The van der Waals surface area contributed by atoms with E-state index in [4.69, 9.17) is 14.7 Å². The number of aromatic nitrogens is 4. The number of alkyl halides is 3. The smallest absolute Gasteiger partial charge is 0.450 e. The Morgan fingerprint density at radius 1 is 0.906 bits per heavy atom. The van der Waals surface area contributed by atoms with Crippen molar-refractivity contribution in [2.75, 3.05) is 43.1 Å². The van der Waals surface area contributed by atoms with Crippen molar-refractivity contribution in [3.8, 4) is 0 Å². The largest absolute Gasteiger partial charge is 0.490 e. The summed E-state index contributed by atoms with van der Waals surface area (Å²) in [6, 6.07) is 29.9. The second-order valence-corrected chi connectivity index (χ2v) is 13.4. The number of halogens is 3. The summed E-state index contributed by atoms with van der Waals surface area (Å²) in [5.41, 5.74) is 3.74. The van der Waals surface area contributed by atoms with Crippen molar-refractivity contribution in [1.29, 1.82) is 0 Å². The molecule has 0 aliphatic carbocycles. The third-order valence-electron chi connectivity index (χ3n) is 9.96. The van der Waals surface area contributed by atoms with Crippen LogP contribution in [0, 0.1) is 11.8 Å². The molecule has 0 amide bonds. The molecule has 4 N–H and O–H groups in total. The lowest BCUT2D eigenvalue weighted by molar-refractivity contribution is -0.210. The van der Waals surface area contributed by atoms with Crippen LogP contribution >= 0.6 is 0 Å². The molecule has 0 radical (unpaired) electrons. The average Bonchev–Trinajstić information content (AvgIpc) is 3.87. The molecule has 15 heteroatoms. The summed E-state index contributed by atoms with van der Waals surface area (Å²) in [6.07, 6.45) is -9.79. The number of aliphatic hydroxyl groups is 3. The second-order valence-electron chi connectivity index (χ2n) is 13.4. The average molecular weight is 733 g/mol. The lowest BCUT2D eigenvalue weighted by Gasteiger charge is -2.22. The molecule has 2 aliphatic heterocycles. The van der Waals surface area contributed by atoms with Gasteiger partial charge in [0.15, 0.2) is 29.3 Å². The van der Waals surface area contributed by atoms with Crippen molar-refractivity contribution >= 4 is 28.9 Å². The molecular formula is C38H39F3N6O6. The number of nitrogens with zero attached hydrogens (tertiary/aromatic N) is 5. The molecule has 2 aliphatic rings. The monoisotopic (exact) mass is 732 g/mol. The summed E-state index contributed by atoms with van der Waals surface area (Å²) >= 11 is 0. The van der Waals surface area contributed by atoms with Gasteiger partial charge in [0.2, 0.25) is 5.95 Å². The van der Waals surface area contributed by atoms with Gasteiger partial charge in [0, 0.05) is 38.1 Å². The van der Waals surface area contributed by atoms with Crippen LogP contribution in [-0.4, -0.2) is 98.1 Å². The maximum atomic E-state index is 13.1. The lowest BCUT2D eigenvalue weighted by atomic mass is 9.90. The van der Waals surface area contributed by atoms with Crippen LogP contribution in [0.5, 0.6) is 0 Å². The number of nitrogens with one attached hydrogen (secondary N) is 1. The number of fused-ring (bicyclic) bond motifs is 1. The third kappa shape index (κ3) is 7.69. The number of aliphatic hydroxyl groups excluding tert-OH is 3. The Hall–Kier alpha value is -5.09. The number of benzene rings is 3. The highest BCUT2D eigenvalue weighted by molar-refractivity contribution is 5.84. The zero-order chi connectivity index (χ0) is 37.1. The summed E-state index contributed by atoms with van der Waals surface area (Å²) in [7, 11) is 0. The molecule has 2 saturated heterocycles. The summed E-state index contributed by atoms with van der Waals surface area (Å²) in [4.78, 5) is 28.0. The molecule has 2 aromatic heterocycles. The highest BCUT2D eigenvalue weighted by atomic mass is 19.4. The first-order valence-corrected chi connectivity index (χ1v) is 17.3. The minimum Gasteiger partial charge on any atom is -0.450 e. The van der Waals surface area contributed by atoms with E-state index in [0.29, 0.717) is 36.9 Å². The van der Waals surface area contributed by atoms with Crippen LogP contribution in [0.2, 0.25) is 0 Å². The van der Waals surface area contributed by atoms with E-state index in [1.54, 1.807) is 0 Å². The van der Waals surface area contributed by atoms with Crippen LogP contribution in [0.25, 0.3) is 11.2 Å². The van der Waals surface area contributed by atoms with Crippen LogP contribution in [-0.2, 0) is 20.7 Å². The van der Waals surface area contributed by atoms with Crippen LogP contribution in [0.4, 0.5) is 24.9 Å². The summed E-state index contributed by atoms with van der Waals surface area (Å²) in [5, 5.41) is 35.0. The third-order valence-corrected chi connectivity index (χ3v) is 9.96. The Morgan fingerprint density at radius 3 is 2.13 bits per heavy atom. The van der Waals surface area contributed by atoms with Crippen molar-refractivity contribution in [3.05, 3.63) is 114 Å². The second kappa shape index (κ2) is 15.5. The minimum atomic E-state index is -5.32. The van der Waals surface area contributed by atoms with E-state index < -0.39 is 43.3 Å². The van der Waals surface area contributed by atoms with E-state index in [1.807, 2.05) is 95.9 Å². The molecule has 12 nitrogen and oxygen atoms in total. The molecular weight excluding hydrogens is 693 g/mol. The van der Waals surface area contributed by atoms with E-state index in [2.05, 4.69) is 15.0 Å². The van der Waals surface area contributed by atoms with Gasteiger partial charge >= 0.3 is 12.1 Å². The maximum Gasteiger partial charge on any atom is 0.490 e. The number of carbonyl (C=O) groups excluding carboxylic acids is 1. The molecule has 2 fully saturated rings. The number of hydrogen-bond acceptors (Lipinski definition) is 11. The van der Waals surface area contributed by atoms with Gasteiger partial charge in [0.25, 0.3) is 0 Å². The number of ether oxygens (including phenoxy) is 2. The predicted molar refractivity (Wildman–Crippen MR) is 188 cm³/mol. The molecule has 7 rings (SSSR count). The first-order valence-electron chi connectivity index (χ1n) is 17.3. The highest BCUT2D eigenvalue weighted by Crippen LogP contribution is 2.37. The molecule has 0 saturated carbocycles. The van der Waals surface area contributed by atoms with Crippen LogP contribution in [0.15, 0.2) is 97.3 Å². The number of hydrogen-bond donors (Lipinski definition) is 4. The van der Waals surface area contributed by atoms with E-state index in [1.165, 1.54) is 10.9 Å². The number of esters is 1. The SMILES string of the molecule is O=C(O[C@H]1[C@@H](O)[C@H](n2cnc3c(NCC(c4ccccc4)c4ccccc4)nc(N4C[C@@H](CO)[C@H](Cc5ccccc5)C4)nc32)O[C@@H]1CO)C(F)(F)F. The van der Waals surface area contributed by atoms with E-state index in [-0.39, 0.29) is 30.0 Å². The molecule has 5 aromatic rings. The van der Waals surface area contributed by atoms with E-state index in [9.17, 15) is 33.3 Å². The number of rotatable bonds is 12. The zero-order valence-electron chi connectivity index (χ0n) is 28.5. The number of carbonyl (C=O) groups is 1. The Kier molecular flexibility index (Phi) is 10.6. The molecule has 0 spiro atoms. The molecule has 53 heavy (non-hydrogen) atoms. The van der Waals surface area contributed by atoms with Gasteiger partial charge in [-0.2, -0.15) is 23.1 Å². The van der Waals surface area contributed by atoms with Gasteiger partial charge in [-0.25, -0.2) is 9.78 Å². The van der Waals surface area contributed by atoms with E-state index in [0.717, 1.165) is 23.1 Å². The zero-order valence-corrected chi connectivity index (χ0v) is 28.5. The fourth-order valence-corrected chi connectivity index (χ4v) is 7.24. The fourth-order valence-electron chi connectivity index (χ4n) is 7.24. The molecule has 0 unspecified atom stereocenters. The highest BCUT2D eigenvalue weighted by Gasteiger charge is 2.51. The molecule has 4 heterocycles. The topological polar surface area (TPSA) is 155 Å². The fraction of sp³-hybridized carbons (Fsp3) is 0.368. The molecule has 278 valence electrons. The predicted octanol–water partition coefficient (Wildman–Crippen LogP) is 4.08. The number of imidazole rings is 1. The Bertz CT molecular complexity index is 1950. The van der Waals surface area contributed by atoms with Crippen molar-refractivity contribution in [3.63, 3.8) is 0 Å². The summed E-state index contributed by atoms with van der Waals surface area (Å²) in [6.45, 7) is 0.502. The Balaban J connectivity index is 1.25. The van der Waals surface area contributed by atoms with Gasteiger partial charge in [0.05, 0.1) is 12.9 Å². The lowest BCUT2D eigenvalue weighted by Crippen LogP contribution is -2.41. The Morgan fingerprint density at radius 2 is 1.53 bits per heavy atom. The number of anilines is 2.